The molecule has 3 aliphatic rings. The van der Waals surface area contributed by atoms with Crippen LogP contribution in [0.15, 0.2) is 29.2 Å². The molecule has 0 aliphatic carbocycles. The van der Waals surface area contributed by atoms with Crippen molar-refractivity contribution in [1.82, 2.24) is 9.62 Å². The highest BCUT2D eigenvalue weighted by Gasteiger charge is 2.40. The molecule has 2 atom stereocenters. The van der Waals surface area contributed by atoms with Crippen molar-refractivity contribution >= 4 is 32.6 Å². The molecule has 6 heteroatoms. The first kappa shape index (κ1) is 12.8. The fourth-order valence-electron chi connectivity index (χ4n) is 2.73. The second-order valence-electron chi connectivity index (χ2n) is 4.87. The summed E-state index contributed by atoms with van der Waals surface area (Å²) in [6.45, 7) is 1.40. The molecular weight excluding hydrogens is 363 g/mol. The predicted molar refractivity (Wildman–Crippen MR) is 77.9 cm³/mol. The number of halogens is 1. The van der Waals surface area contributed by atoms with Gasteiger partial charge in [0.1, 0.15) is 0 Å². The van der Waals surface area contributed by atoms with Gasteiger partial charge in [-0.1, -0.05) is 6.07 Å². The van der Waals surface area contributed by atoms with Crippen LogP contribution in [-0.2, 0) is 10.0 Å². The van der Waals surface area contributed by atoms with Crippen molar-refractivity contribution < 1.29 is 8.42 Å². The Balaban J connectivity index is 1.95. The van der Waals surface area contributed by atoms with Crippen LogP contribution in [0.1, 0.15) is 12.8 Å². The zero-order valence-corrected chi connectivity index (χ0v) is 12.8. The monoisotopic (exact) mass is 378 g/mol. The number of fused-ring (bicyclic) bond motifs is 3. The smallest absolute Gasteiger partial charge is 0.243 e. The number of hydrogen-bond donors (Lipinski definition) is 1. The van der Waals surface area contributed by atoms with Gasteiger partial charge in [0.15, 0.2) is 0 Å². The Labute approximate surface area is 121 Å². The Hall–Kier alpha value is -0.180. The summed E-state index contributed by atoms with van der Waals surface area (Å²) in [5.74, 6) is 0. The van der Waals surface area contributed by atoms with Crippen LogP contribution in [0.3, 0.4) is 0 Å². The third-order valence-electron chi connectivity index (χ3n) is 3.70. The van der Waals surface area contributed by atoms with Gasteiger partial charge in [-0.3, -0.25) is 0 Å². The maximum Gasteiger partial charge on any atom is 0.243 e. The standard InChI is InChI=1S/C12H15IN2O2S/c13-9-2-1-3-12(6-9)18(16,17)15-8-10-4-5-11(15)7-14-10/h1-3,6,10-11,14H,4-5,7-8H2. The summed E-state index contributed by atoms with van der Waals surface area (Å²) in [4.78, 5) is 0.418. The zero-order chi connectivity index (χ0) is 12.8. The quantitative estimate of drug-likeness (QED) is 0.792. The second-order valence-corrected chi connectivity index (χ2v) is 8.00. The number of benzene rings is 1. The molecule has 3 heterocycles. The molecule has 0 radical (unpaired) electrons. The Morgan fingerprint density at radius 2 is 2.17 bits per heavy atom. The average molecular weight is 378 g/mol. The first-order chi connectivity index (χ1) is 8.57. The van der Waals surface area contributed by atoms with E-state index in [0.717, 1.165) is 23.0 Å². The van der Waals surface area contributed by atoms with E-state index in [1.807, 2.05) is 6.07 Å². The van der Waals surface area contributed by atoms with E-state index in [0.29, 0.717) is 17.5 Å². The fraction of sp³-hybridized carbons (Fsp3) is 0.500. The van der Waals surface area contributed by atoms with E-state index in [-0.39, 0.29) is 6.04 Å². The lowest BCUT2D eigenvalue weighted by Gasteiger charge is -2.44. The summed E-state index contributed by atoms with van der Waals surface area (Å²) in [5.41, 5.74) is 0. The summed E-state index contributed by atoms with van der Waals surface area (Å²) in [6.07, 6.45) is 2.06. The van der Waals surface area contributed by atoms with Crippen LogP contribution in [0.2, 0.25) is 0 Å². The lowest BCUT2D eigenvalue weighted by molar-refractivity contribution is 0.152. The van der Waals surface area contributed by atoms with Gasteiger partial charge in [-0.2, -0.15) is 4.31 Å². The average Bonchev–Trinajstić information content (AvgIpc) is 2.40. The van der Waals surface area contributed by atoms with E-state index in [9.17, 15) is 8.42 Å². The van der Waals surface area contributed by atoms with Gasteiger partial charge in [0.05, 0.1) is 4.90 Å². The van der Waals surface area contributed by atoms with E-state index in [1.54, 1.807) is 22.5 Å². The third kappa shape index (κ3) is 2.19. The van der Waals surface area contributed by atoms with Gasteiger partial charge >= 0.3 is 0 Å². The third-order valence-corrected chi connectivity index (χ3v) is 6.29. The Kier molecular flexibility index (Phi) is 3.38. The molecule has 0 saturated carbocycles. The van der Waals surface area contributed by atoms with E-state index in [4.69, 9.17) is 0 Å². The van der Waals surface area contributed by atoms with Crippen molar-refractivity contribution in [2.24, 2.45) is 0 Å². The fourth-order valence-corrected chi connectivity index (χ4v) is 5.23. The first-order valence-corrected chi connectivity index (χ1v) is 8.60. The predicted octanol–water partition coefficient (Wildman–Crippen LogP) is 1.42. The maximum absolute atomic E-state index is 12.6. The summed E-state index contributed by atoms with van der Waals surface area (Å²) < 4.78 is 27.9. The molecule has 2 unspecified atom stereocenters. The number of piperidine rings is 2. The molecule has 0 aromatic heterocycles. The number of nitrogens with one attached hydrogen (secondary N) is 1. The van der Waals surface area contributed by atoms with Gasteiger partial charge < -0.3 is 5.32 Å². The van der Waals surface area contributed by atoms with Gasteiger partial charge in [0.25, 0.3) is 0 Å². The van der Waals surface area contributed by atoms with Crippen LogP contribution < -0.4 is 5.32 Å². The molecule has 3 aliphatic heterocycles. The highest BCUT2D eigenvalue weighted by Crippen LogP contribution is 2.28. The number of piperazine rings is 1. The summed E-state index contributed by atoms with van der Waals surface area (Å²) in [7, 11) is -3.33. The Morgan fingerprint density at radius 3 is 2.72 bits per heavy atom. The summed E-state index contributed by atoms with van der Waals surface area (Å²) >= 11 is 2.14. The van der Waals surface area contributed by atoms with Crippen LogP contribution in [0.25, 0.3) is 0 Å². The van der Waals surface area contributed by atoms with Crippen molar-refractivity contribution in [3.8, 4) is 0 Å². The van der Waals surface area contributed by atoms with Crippen LogP contribution in [0, 0.1) is 3.57 Å². The molecule has 4 rings (SSSR count). The SMILES string of the molecule is O=S(=O)(c1cccc(I)c1)N1CC2CCC1CN2. The van der Waals surface area contributed by atoms with Crippen LogP contribution >= 0.6 is 22.6 Å². The highest BCUT2D eigenvalue weighted by molar-refractivity contribution is 14.1. The Morgan fingerprint density at radius 1 is 1.33 bits per heavy atom. The molecule has 98 valence electrons. The van der Waals surface area contributed by atoms with Gasteiger partial charge in [-0.05, 0) is 53.6 Å². The molecule has 3 fully saturated rings. The molecule has 0 amide bonds. The van der Waals surface area contributed by atoms with Crippen LogP contribution in [0.4, 0.5) is 0 Å². The minimum atomic E-state index is -3.33. The second kappa shape index (κ2) is 4.73. The molecule has 0 spiro atoms. The van der Waals surface area contributed by atoms with Crippen molar-refractivity contribution in [3.05, 3.63) is 27.8 Å². The van der Waals surface area contributed by atoms with Crippen molar-refractivity contribution in [1.29, 1.82) is 0 Å². The van der Waals surface area contributed by atoms with Gasteiger partial charge in [0.2, 0.25) is 10.0 Å². The van der Waals surface area contributed by atoms with Crippen molar-refractivity contribution in [2.45, 2.75) is 29.8 Å². The normalized spacial score (nSPS) is 28.5. The van der Waals surface area contributed by atoms with Gasteiger partial charge in [-0.15, -0.1) is 0 Å². The molecule has 3 saturated heterocycles. The van der Waals surface area contributed by atoms with Gasteiger partial charge in [-0.25, -0.2) is 8.42 Å². The minimum Gasteiger partial charge on any atom is -0.311 e. The highest BCUT2D eigenvalue weighted by atomic mass is 127. The molecular formula is C12H15IN2O2S. The largest absolute Gasteiger partial charge is 0.311 e. The van der Waals surface area contributed by atoms with Gasteiger partial charge in [0, 0.05) is 28.7 Å². The molecule has 18 heavy (non-hydrogen) atoms. The van der Waals surface area contributed by atoms with Crippen LogP contribution in [0.5, 0.6) is 0 Å². The number of sulfonamides is 1. The first-order valence-electron chi connectivity index (χ1n) is 6.08. The van der Waals surface area contributed by atoms with Crippen LogP contribution in [-0.4, -0.2) is 37.9 Å². The number of rotatable bonds is 2. The van der Waals surface area contributed by atoms with E-state index < -0.39 is 10.0 Å². The molecule has 1 N–H and O–H groups in total. The number of hydrogen-bond acceptors (Lipinski definition) is 3. The molecule has 2 bridgehead atoms. The molecule has 1 aromatic rings. The zero-order valence-electron chi connectivity index (χ0n) is 9.84. The van der Waals surface area contributed by atoms with E-state index >= 15 is 0 Å². The lowest BCUT2D eigenvalue weighted by atomic mass is 9.96. The van der Waals surface area contributed by atoms with Crippen molar-refractivity contribution in [3.63, 3.8) is 0 Å². The van der Waals surface area contributed by atoms with Crippen molar-refractivity contribution in [2.75, 3.05) is 13.1 Å². The summed E-state index contributed by atoms with van der Waals surface area (Å²) in [5, 5.41) is 3.38. The molecule has 4 nitrogen and oxygen atoms in total. The minimum absolute atomic E-state index is 0.123. The molecule has 1 aromatic carbocycles. The topological polar surface area (TPSA) is 49.4 Å². The van der Waals surface area contributed by atoms with E-state index in [1.165, 1.54) is 0 Å². The van der Waals surface area contributed by atoms with E-state index in [2.05, 4.69) is 27.9 Å². The maximum atomic E-state index is 12.6. The lowest BCUT2D eigenvalue weighted by Crippen LogP contribution is -2.62. The number of nitrogens with zero attached hydrogens (tertiary/aromatic N) is 1. The summed E-state index contributed by atoms with van der Waals surface area (Å²) in [6, 6.07) is 7.59. The Bertz CT molecular complexity index is 553.